The van der Waals surface area contributed by atoms with Gasteiger partial charge in [0, 0.05) is 32.3 Å². The summed E-state index contributed by atoms with van der Waals surface area (Å²) in [5, 5.41) is 15.3. The number of ether oxygens (including phenoxy) is 2. The van der Waals surface area contributed by atoms with Crippen LogP contribution in [0.25, 0.3) is 5.69 Å². The van der Waals surface area contributed by atoms with Crippen molar-refractivity contribution in [1.29, 1.82) is 0 Å². The Morgan fingerprint density at radius 1 is 0.972 bits per heavy atom. The molecule has 1 aromatic heterocycles. The number of nitrogens with zero attached hydrogens (tertiary/aromatic N) is 3. The smallest absolute Gasteiger partial charge is 0.227 e. The number of rotatable bonds is 13. The number of aromatic nitrogens is 2. The van der Waals surface area contributed by atoms with Crippen molar-refractivity contribution in [3.05, 3.63) is 71.4 Å². The van der Waals surface area contributed by atoms with E-state index >= 15 is 0 Å². The third-order valence-electron chi connectivity index (χ3n) is 5.47. The van der Waals surface area contributed by atoms with Gasteiger partial charge in [-0.3, -0.25) is 4.90 Å². The van der Waals surface area contributed by atoms with E-state index in [9.17, 15) is 13.9 Å². The van der Waals surface area contributed by atoms with Crippen LogP contribution in [0, 0.1) is 30.4 Å². The molecule has 0 spiro atoms. The molecule has 2 aromatic carbocycles. The highest BCUT2D eigenvalue weighted by Crippen LogP contribution is 2.33. The fourth-order valence-electron chi connectivity index (χ4n) is 3.97. The molecule has 3 aromatic rings. The van der Waals surface area contributed by atoms with Gasteiger partial charge in [0.15, 0.2) is 11.6 Å². The van der Waals surface area contributed by atoms with Crippen molar-refractivity contribution in [3.63, 3.8) is 0 Å². The number of halogens is 2. The highest BCUT2D eigenvalue weighted by Gasteiger charge is 2.24. The fourth-order valence-corrected chi connectivity index (χ4v) is 3.97. The Balaban J connectivity index is 1.93. The van der Waals surface area contributed by atoms with Gasteiger partial charge in [-0.05, 0) is 43.0 Å². The van der Waals surface area contributed by atoms with Crippen molar-refractivity contribution in [2.75, 3.05) is 26.3 Å². The Kier molecular flexibility index (Phi) is 9.98. The van der Waals surface area contributed by atoms with E-state index in [4.69, 9.17) is 9.47 Å². The minimum Gasteiger partial charge on any atom is -0.435 e. The zero-order valence-electron chi connectivity index (χ0n) is 21.7. The lowest BCUT2D eigenvalue weighted by atomic mass is 10.1. The quantitative estimate of drug-likeness (QED) is 0.324. The van der Waals surface area contributed by atoms with Crippen LogP contribution in [-0.4, -0.2) is 52.2 Å². The van der Waals surface area contributed by atoms with Gasteiger partial charge in [-0.1, -0.05) is 45.9 Å². The topological polar surface area (TPSA) is 59.8 Å². The van der Waals surface area contributed by atoms with Crippen LogP contribution in [0.5, 0.6) is 11.6 Å². The number of para-hydroxylation sites is 1. The molecule has 196 valence electrons. The second kappa shape index (κ2) is 12.9. The SMILES string of the molecule is Cc1nn(-c2ccccc2)c(Oc2ccc(F)cc2F)c1CN(CC(C)C)C[C@H](O)COCC(C)C. The van der Waals surface area contributed by atoms with E-state index < -0.39 is 17.7 Å². The number of aliphatic hydroxyl groups excluding tert-OH is 1. The highest BCUT2D eigenvalue weighted by molar-refractivity contribution is 5.43. The van der Waals surface area contributed by atoms with Crippen molar-refractivity contribution in [2.24, 2.45) is 11.8 Å². The molecule has 6 nitrogen and oxygen atoms in total. The summed E-state index contributed by atoms with van der Waals surface area (Å²) in [6.07, 6.45) is -0.661. The molecular formula is C28H37F2N3O3. The summed E-state index contributed by atoms with van der Waals surface area (Å²) >= 11 is 0. The second-order valence-corrected chi connectivity index (χ2v) is 9.97. The van der Waals surface area contributed by atoms with Gasteiger partial charge >= 0.3 is 0 Å². The Bertz CT molecular complexity index is 1100. The summed E-state index contributed by atoms with van der Waals surface area (Å²) in [4.78, 5) is 2.13. The van der Waals surface area contributed by atoms with Gasteiger partial charge in [0.2, 0.25) is 5.88 Å². The predicted molar refractivity (Wildman–Crippen MR) is 137 cm³/mol. The maximum atomic E-state index is 14.5. The number of benzene rings is 2. The second-order valence-electron chi connectivity index (χ2n) is 9.97. The summed E-state index contributed by atoms with van der Waals surface area (Å²) in [6, 6.07) is 12.6. The van der Waals surface area contributed by atoms with Gasteiger partial charge in [0.25, 0.3) is 0 Å². The first kappa shape index (κ1) is 27.8. The van der Waals surface area contributed by atoms with E-state index in [1.54, 1.807) is 4.68 Å². The zero-order chi connectivity index (χ0) is 26.2. The highest BCUT2D eigenvalue weighted by atomic mass is 19.1. The fraction of sp³-hybridized carbons (Fsp3) is 0.464. The number of aryl methyl sites for hydroxylation is 1. The molecule has 1 atom stereocenters. The lowest BCUT2D eigenvalue weighted by Gasteiger charge is -2.27. The lowest BCUT2D eigenvalue weighted by molar-refractivity contribution is 0.00511. The monoisotopic (exact) mass is 501 g/mol. The van der Waals surface area contributed by atoms with Gasteiger partial charge in [-0.25, -0.2) is 13.5 Å². The van der Waals surface area contributed by atoms with Crippen molar-refractivity contribution in [1.82, 2.24) is 14.7 Å². The molecular weight excluding hydrogens is 464 g/mol. The molecule has 0 aliphatic heterocycles. The number of hydrogen-bond donors (Lipinski definition) is 1. The first-order chi connectivity index (χ1) is 17.1. The molecule has 0 radical (unpaired) electrons. The Hall–Kier alpha value is -2.81. The van der Waals surface area contributed by atoms with E-state index in [-0.39, 0.29) is 12.4 Å². The Labute approximate surface area is 212 Å². The molecule has 0 unspecified atom stereocenters. The third-order valence-corrected chi connectivity index (χ3v) is 5.47. The molecule has 0 aliphatic carbocycles. The number of hydrogen-bond acceptors (Lipinski definition) is 5. The summed E-state index contributed by atoms with van der Waals surface area (Å²) in [5.74, 6) is -0.476. The van der Waals surface area contributed by atoms with Crippen molar-refractivity contribution in [2.45, 2.75) is 47.3 Å². The molecule has 8 heteroatoms. The van der Waals surface area contributed by atoms with Crippen LogP contribution >= 0.6 is 0 Å². The van der Waals surface area contributed by atoms with Gasteiger partial charge in [0.1, 0.15) is 5.82 Å². The summed E-state index contributed by atoms with van der Waals surface area (Å²) in [5.41, 5.74) is 2.23. The molecule has 0 saturated carbocycles. The maximum Gasteiger partial charge on any atom is 0.227 e. The molecule has 0 aliphatic rings. The van der Waals surface area contributed by atoms with Crippen LogP contribution in [0.3, 0.4) is 0 Å². The van der Waals surface area contributed by atoms with Crippen molar-refractivity contribution < 1.29 is 23.4 Å². The zero-order valence-corrected chi connectivity index (χ0v) is 21.7. The molecule has 1 heterocycles. The first-order valence-electron chi connectivity index (χ1n) is 12.4. The molecule has 3 rings (SSSR count). The molecule has 0 amide bonds. The van der Waals surface area contributed by atoms with Crippen LogP contribution in [0.2, 0.25) is 0 Å². The first-order valence-corrected chi connectivity index (χ1v) is 12.4. The van der Waals surface area contributed by atoms with Gasteiger partial charge in [-0.15, -0.1) is 0 Å². The Morgan fingerprint density at radius 3 is 2.33 bits per heavy atom. The van der Waals surface area contributed by atoms with E-state index in [1.807, 2.05) is 37.3 Å². The van der Waals surface area contributed by atoms with Gasteiger partial charge in [-0.2, -0.15) is 5.10 Å². The van der Waals surface area contributed by atoms with Crippen molar-refractivity contribution >= 4 is 0 Å². The maximum absolute atomic E-state index is 14.5. The minimum absolute atomic E-state index is 0.0905. The summed E-state index contributed by atoms with van der Waals surface area (Å²) < 4.78 is 41.4. The average Bonchev–Trinajstić information content (AvgIpc) is 3.10. The number of aliphatic hydroxyl groups is 1. The minimum atomic E-state index is -0.795. The molecule has 1 N–H and O–H groups in total. The predicted octanol–water partition coefficient (Wildman–Crippen LogP) is 5.74. The van der Waals surface area contributed by atoms with E-state index in [0.29, 0.717) is 37.4 Å². The van der Waals surface area contributed by atoms with Crippen LogP contribution in [0.4, 0.5) is 8.78 Å². The van der Waals surface area contributed by atoms with E-state index in [2.05, 4.69) is 37.7 Å². The van der Waals surface area contributed by atoms with E-state index in [0.717, 1.165) is 35.6 Å². The van der Waals surface area contributed by atoms with Gasteiger partial charge < -0.3 is 14.6 Å². The van der Waals surface area contributed by atoms with Gasteiger partial charge in [0.05, 0.1) is 29.7 Å². The standard InChI is InChI=1S/C28H37F2N3O3/c1-19(2)14-32(15-24(34)18-35-17-20(3)4)16-25-21(5)31-33(23-9-7-6-8-10-23)28(25)36-27-12-11-22(29)13-26(27)30/h6-13,19-20,24,34H,14-18H2,1-5H3/t24-/m0/s1. The van der Waals surface area contributed by atoms with E-state index in [1.165, 1.54) is 6.07 Å². The molecule has 0 saturated heterocycles. The third kappa shape index (κ3) is 7.85. The van der Waals surface area contributed by atoms with Crippen LogP contribution in [-0.2, 0) is 11.3 Å². The molecule has 36 heavy (non-hydrogen) atoms. The summed E-state index contributed by atoms with van der Waals surface area (Å²) in [7, 11) is 0. The average molecular weight is 502 g/mol. The molecule has 0 fully saturated rings. The van der Waals surface area contributed by atoms with Crippen LogP contribution in [0.15, 0.2) is 48.5 Å². The Morgan fingerprint density at radius 2 is 1.69 bits per heavy atom. The summed E-state index contributed by atoms with van der Waals surface area (Å²) in [6.45, 7) is 12.6. The molecule has 0 bridgehead atoms. The van der Waals surface area contributed by atoms with Crippen molar-refractivity contribution in [3.8, 4) is 17.3 Å². The lowest BCUT2D eigenvalue weighted by Crippen LogP contribution is -2.37. The largest absolute Gasteiger partial charge is 0.435 e. The normalized spacial score (nSPS) is 12.6. The van der Waals surface area contributed by atoms with Crippen LogP contribution in [0.1, 0.15) is 39.0 Å². The van der Waals surface area contributed by atoms with Crippen LogP contribution < -0.4 is 4.74 Å².